The maximum Gasteiger partial charge on any atom is 0.511 e. The third-order valence-electron chi connectivity index (χ3n) is 3.29. The first-order valence-electron chi connectivity index (χ1n) is 7.38. The van der Waals surface area contributed by atoms with Gasteiger partial charge in [-0.15, -0.1) is 0 Å². The molecule has 140 valence electrons. The SMILES string of the molecule is C[C@H](c1ccccc1)n1cncc1C(=O)OCOC(=O)OCC(Cl)(Cl)Cl. The standard InChI is InChI=1S/C16H15Cl3N2O5/c1-11(12-5-3-2-4-6-12)21-9-20-7-13(21)14(22)25-10-26-15(23)24-8-16(17,18)19/h2-7,9,11H,8,10H2,1H3/t11-/m1/s1. The van der Waals surface area contributed by atoms with Gasteiger partial charge in [-0.2, -0.15) is 0 Å². The molecule has 0 N–H and O–H groups in total. The fourth-order valence-corrected chi connectivity index (χ4v) is 2.21. The van der Waals surface area contributed by atoms with Gasteiger partial charge in [-0.25, -0.2) is 14.6 Å². The Kier molecular flexibility index (Phi) is 7.14. The first kappa shape index (κ1) is 20.4. The van der Waals surface area contributed by atoms with E-state index in [0.717, 1.165) is 5.56 Å². The molecule has 0 amide bonds. The molecule has 0 unspecified atom stereocenters. The fraction of sp³-hybridized carbons (Fsp3) is 0.312. The van der Waals surface area contributed by atoms with Gasteiger partial charge in [0.2, 0.25) is 10.6 Å². The van der Waals surface area contributed by atoms with Crippen LogP contribution in [0.15, 0.2) is 42.9 Å². The first-order valence-corrected chi connectivity index (χ1v) is 8.51. The van der Waals surface area contributed by atoms with Gasteiger partial charge in [-0.3, -0.25) is 0 Å². The molecule has 0 fully saturated rings. The minimum Gasteiger partial charge on any atom is -0.430 e. The number of imidazole rings is 1. The van der Waals surface area contributed by atoms with Crippen molar-refractivity contribution in [2.24, 2.45) is 0 Å². The maximum atomic E-state index is 12.2. The molecule has 2 rings (SSSR count). The van der Waals surface area contributed by atoms with Crippen molar-refractivity contribution in [3.8, 4) is 0 Å². The zero-order valence-electron chi connectivity index (χ0n) is 13.6. The summed E-state index contributed by atoms with van der Waals surface area (Å²) in [5.41, 5.74) is 1.20. The number of nitrogens with zero attached hydrogens (tertiary/aromatic N) is 2. The van der Waals surface area contributed by atoms with Crippen LogP contribution >= 0.6 is 34.8 Å². The summed E-state index contributed by atoms with van der Waals surface area (Å²) in [6.45, 7) is 0.770. The van der Waals surface area contributed by atoms with E-state index >= 15 is 0 Å². The van der Waals surface area contributed by atoms with E-state index in [1.165, 1.54) is 12.5 Å². The molecule has 0 radical (unpaired) electrons. The molecule has 0 saturated carbocycles. The van der Waals surface area contributed by atoms with Crippen molar-refractivity contribution in [2.45, 2.75) is 16.8 Å². The van der Waals surface area contributed by atoms with Gasteiger partial charge in [0.25, 0.3) is 0 Å². The second kappa shape index (κ2) is 9.12. The number of ether oxygens (including phenoxy) is 3. The Bertz CT molecular complexity index is 746. The predicted octanol–water partition coefficient (Wildman–Crippen LogP) is 4.13. The highest BCUT2D eigenvalue weighted by molar-refractivity contribution is 6.67. The van der Waals surface area contributed by atoms with Crippen LogP contribution in [-0.4, -0.2) is 38.9 Å². The second-order valence-electron chi connectivity index (χ2n) is 5.12. The van der Waals surface area contributed by atoms with Crippen LogP contribution < -0.4 is 0 Å². The van der Waals surface area contributed by atoms with Gasteiger partial charge in [0.15, 0.2) is 0 Å². The highest BCUT2D eigenvalue weighted by atomic mass is 35.6. The minimum atomic E-state index is -1.75. The molecule has 0 saturated heterocycles. The highest BCUT2D eigenvalue weighted by Gasteiger charge is 2.23. The van der Waals surface area contributed by atoms with E-state index in [1.807, 2.05) is 37.3 Å². The van der Waals surface area contributed by atoms with Crippen LogP contribution in [0, 0.1) is 0 Å². The summed E-state index contributed by atoms with van der Waals surface area (Å²) < 4.78 is 13.9. The Balaban J connectivity index is 1.89. The Morgan fingerprint density at radius 2 is 1.85 bits per heavy atom. The third-order valence-corrected chi connectivity index (χ3v) is 3.62. The molecule has 1 aromatic heterocycles. The van der Waals surface area contributed by atoms with Gasteiger partial charge in [-0.1, -0.05) is 65.1 Å². The number of benzene rings is 1. The second-order valence-corrected chi connectivity index (χ2v) is 7.64. The van der Waals surface area contributed by atoms with Gasteiger partial charge >= 0.3 is 12.1 Å². The summed E-state index contributed by atoms with van der Waals surface area (Å²) in [6.07, 6.45) is 1.75. The van der Waals surface area contributed by atoms with E-state index in [0.29, 0.717) is 0 Å². The van der Waals surface area contributed by atoms with Crippen LogP contribution in [0.2, 0.25) is 0 Å². The quantitative estimate of drug-likeness (QED) is 0.396. The Morgan fingerprint density at radius 1 is 1.15 bits per heavy atom. The fourth-order valence-electron chi connectivity index (χ4n) is 2.05. The number of aromatic nitrogens is 2. The van der Waals surface area contributed by atoms with Crippen molar-refractivity contribution in [3.05, 3.63) is 54.1 Å². The molecular formula is C16H15Cl3N2O5. The number of halogens is 3. The molecule has 2 aromatic rings. The number of esters is 1. The topological polar surface area (TPSA) is 79.7 Å². The molecule has 0 bridgehead atoms. The number of carbonyl (C=O) groups excluding carboxylic acids is 2. The number of carbonyl (C=O) groups is 2. The van der Waals surface area contributed by atoms with Crippen LogP contribution in [0.1, 0.15) is 29.0 Å². The normalized spacial score (nSPS) is 12.3. The molecule has 0 aliphatic carbocycles. The zero-order valence-corrected chi connectivity index (χ0v) is 15.9. The van der Waals surface area contributed by atoms with Gasteiger partial charge < -0.3 is 18.8 Å². The van der Waals surface area contributed by atoms with Crippen LogP contribution in [0.4, 0.5) is 4.79 Å². The summed E-state index contributed by atoms with van der Waals surface area (Å²) >= 11 is 16.3. The molecule has 0 aliphatic heterocycles. The third kappa shape index (κ3) is 6.09. The Labute approximate surface area is 164 Å². The van der Waals surface area contributed by atoms with E-state index < -0.39 is 29.3 Å². The molecule has 1 aromatic carbocycles. The molecule has 10 heteroatoms. The average Bonchev–Trinajstić information content (AvgIpc) is 3.09. The molecule has 1 atom stereocenters. The summed E-state index contributed by atoms with van der Waals surface area (Å²) in [5.74, 6) is -0.709. The van der Waals surface area contributed by atoms with E-state index in [2.05, 4.69) is 14.5 Å². The Morgan fingerprint density at radius 3 is 2.50 bits per heavy atom. The molecule has 0 aliphatic rings. The molecule has 7 nitrogen and oxygen atoms in total. The highest BCUT2D eigenvalue weighted by Crippen LogP contribution is 2.26. The van der Waals surface area contributed by atoms with Gasteiger partial charge in [0.1, 0.15) is 12.3 Å². The summed E-state index contributed by atoms with van der Waals surface area (Å²) in [6, 6.07) is 9.43. The Hall–Kier alpha value is -1.96. The molecule has 0 spiro atoms. The van der Waals surface area contributed by atoms with Crippen LogP contribution in [-0.2, 0) is 14.2 Å². The average molecular weight is 422 g/mol. The monoisotopic (exact) mass is 420 g/mol. The van der Waals surface area contributed by atoms with E-state index in [-0.39, 0.29) is 11.7 Å². The molecular weight excluding hydrogens is 407 g/mol. The lowest BCUT2D eigenvalue weighted by atomic mass is 10.1. The van der Waals surface area contributed by atoms with Gasteiger partial charge in [-0.05, 0) is 12.5 Å². The number of hydrogen-bond acceptors (Lipinski definition) is 6. The number of rotatable bonds is 6. The van der Waals surface area contributed by atoms with E-state index in [1.54, 1.807) is 4.57 Å². The van der Waals surface area contributed by atoms with Crippen LogP contribution in [0.3, 0.4) is 0 Å². The zero-order chi connectivity index (χ0) is 19.2. The van der Waals surface area contributed by atoms with Crippen molar-refractivity contribution < 1.29 is 23.8 Å². The lowest BCUT2D eigenvalue weighted by Gasteiger charge is -2.16. The predicted molar refractivity (Wildman–Crippen MR) is 95.5 cm³/mol. The van der Waals surface area contributed by atoms with Crippen molar-refractivity contribution in [2.75, 3.05) is 13.4 Å². The number of alkyl halides is 3. The van der Waals surface area contributed by atoms with Gasteiger partial charge in [0.05, 0.1) is 18.6 Å². The van der Waals surface area contributed by atoms with E-state index in [9.17, 15) is 9.59 Å². The summed E-state index contributed by atoms with van der Waals surface area (Å²) in [4.78, 5) is 27.4. The number of hydrogen-bond donors (Lipinski definition) is 0. The summed E-state index contributed by atoms with van der Waals surface area (Å²) in [5, 5.41) is 0. The minimum absolute atomic E-state index is 0.142. The van der Waals surface area contributed by atoms with Crippen molar-refractivity contribution in [1.82, 2.24) is 9.55 Å². The smallest absolute Gasteiger partial charge is 0.430 e. The van der Waals surface area contributed by atoms with Gasteiger partial charge in [0, 0.05) is 0 Å². The first-order chi connectivity index (χ1) is 12.3. The van der Waals surface area contributed by atoms with Crippen molar-refractivity contribution in [1.29, 1.82) is 0 Å². The maximum absolute atomic E-state index is 12.2. The molecule has 26 heavy (non-hydrogen) atoms. The van der Waals surface area contributed by atoms with Crippen LogP contribution in [0.5, 0.6) is 0 Å². The van der Waals surface area contributed by atoms with Crippen LogP contribution in [0.25, 0.3) is 0 Å². The van der Waals surface area contributed by atoms with Crippen molar-refractivity contribution in [3.63, 3.8) is 0 Å². The lowest BCUT2D eigenvalue weighted by molar-refractivity contribution is -0.0276. The molecule has 1 heterocycles. The van der Waals surface area contributed by atoms with E-state index in [4.69, 9.17) is 39.5 Å². The van der Waals surface area contributed by atoms with Crippen molar-refractivity contribution >= 4 is 46.9 Å². The largest absolute Gasteiger partial charge is 0.511 e. The lowest BCUT2D eigenvalue weighted by Crippen LogP contribution is -2.21. The summed E-state index contributed by atoms with van der Waals surface area (Å²) in [7, 11) is 0.